The average molecular weight is 661 g/mol. The third-order valence-corrected chi connectivity index (χ3v) is 11.7. The van der Waals surface area contributed by atoms with Gasteiger partial charge in [-0.05, 0) is 92.6 Å². The van der Waals surface area contributed by atoms with E-state index in [0.717, 1.165) is 52.2 Å². The molecule has 4 aromatic carbocycles. The SMILES string of the molecule is CC1=CN(c2ccccc2)CN1CCc1cc2cc(c1)C1CC(CN3CN(c4ccccc4)C=C3C)c3ccccc3N3C=C(C)N(CC2)C13. The molecule has 0 fully saturated rings. The number of fused-ring (bicyclic) bond motifs is 5. The van der Waals surface area contributed by atoms with E-state index in [9.17, 15) is 0 Å². The summed E-state index contributed by atoms with van der Waals surface area (Å²) in [7, 11) is 0. The minimum atomic E-state index is 0.295. The molecule has 6 heteroatoms. The number of benzene rings is 4. The van der Waals surface area contributed by atoms with Crippen LogP contribution in [0.5, 0.6) is 0 Å². The summed E-state index contributed by atoms with van der Waals surface area (Å²) in [6.45, 7) is 11.7. The van der Waals surface area contributed by atoms with Crippen molar-refractivity contribution in [3.05, 3.63) is 161 Å². The second-order valence-corrected chi connectivity index (χ2v) is 14.9. The Bertz CT molecular complexity index is 1960. The maximum absolute atomic E-state index is 2.71. The molecule has 0 aliphatic carbocycles. The summed E-state index contributed by atoms with van der Waals surface area (Å²) in [6.07, 6.45) is 10.6. The predicted octanol–water partition coefficient (Wildman–Crippen LogP) is 8.65. The molecule has 5 heterocycles. The molecule has 0 N–H and O–H groups in total. The number of allylic oxidation sites excluding steroid dienone is 3. The first-order valence-electron chi connectivity index (χ1n) is 18.4. The van der Waals surface area contributed by atoms with E-state index in [0.29, 0.717) is 18.0 Å². The average Bonchev–Trinajstić information content (AvgIpc) is 3.79. The highest BCUT2D eigenvalue weighted by Gasteiger charge is 2.44. The third-order valence-electron chi connectivity index (χ3n) is 11.7. The molecule has 0 saturated heterocycles. The van der Waals surface area contributed by atoms with E-state index in [-0.39, 0.29) is 0 Å². The minimum Gasteiger partial charge on any atom is -0.356 e. The molecule has 5 aliphatic rings. The molecule has 0 radical (unpaired) electrons. The number of hydrogen-bond acceptors (Lipinski definition) is 6. The van der Waals surface area contributed by atoms with Crippen molar-refractivity contribution in [2.24, 2.45) is 0 Å². The lowest BCUT2D eigenvalue weighted by atomic mass is 9.81. The van der Waals surface area contributed by atoms with Gasteiger partial charge in [-0.25, -0.2) is 0 Å². The van der Waals surface area contributed by atoms with Crippen molar-refractivity contribution < 1.29 is 0 Å². The molecule has 0 saturated carbocycles. The molecule has 0 aromatic heterocycles. The Morgan fingerprint density at radius 2 is 1.32 bits per heavy atom. The lowest BCUT2D eigenvalue weighted by Gasteiger charge is -2.40. The fourth-order valence-electron chi connectivity index (χ4n) is 9.11. The third kappa shape index (κ3) is 5.61. The zero-order valence-corrected chi connectivity index (χ0v) is 29.6. The van der Waals surface area contributed by atoms with E-state index in [1.165, 1.54) is 56.4 Å². The molecule has 9 rings (SSSR count). The predicted molar refractivity (Wildman–Crippen MR) is 206 cm³/mol. The van der Waals surface area contributed by atoms with Gasteiger partial charge in [0.1, 0.15) is 6.17 Å². The zero-order valence-electron chi connectivity index (χ0n) is 29.6. The van der Waals surface area contributed by atoms with E-state index in [2.05, 4.69) is 172 Å². The quantitative estimate of drug-likeness (QED) is 0.196. The molecule has 3 unspecified atom stereocenters. The summed E-state index contributed by atoms with van der Waals surface area (Å²) >= 11 is 0. The summed E-state index contributed by atoms with van der Waals surface area (Å²) < 4.78 is 0. The number of anilines is 3. The Labute approximate surface area is 297 Å². The van der Waals surface area contributed by atoms with E-state index < -0.39 is 0 Å². The minimum absolute atomic E-state index is 0.295. The van der Waals surface area contributed by atoms with Gasteiger partial charge in [-0.2, -0.15) is 0 Å². The molecular formula is C44H48N6. The summed E-state index contributed by atoms with van der Waals surface area (Å²) in [5, 5.41) is 0. The Balaban J connectivity index is 1.01. The molecule has 254 valence electrons. The normalized spacial score (nSPS) is 22.5. The second kappa shape index (κ2) is 12.7. The van der Waals surface area contributed by atoms with Crippen LogP contribution in [-0.2, 0) is 12.8 Å². The van der Waals surface area contributed by atoms with Gasteiger partial charge in [0, 0.05) is 84.2 Å². The van der Waals surface area contributed by atoms with Crippen LogP contribution < -0.4 is 14.7 Å². The zero-order chi connectivity index (χ0) is 33.8. The van der Waals surface area contributed by atoms with Gasteiger partial charge in [-0.15, -0.1) is 0 Å². The highest BCUT2D eigenvalue weighted by Crippen LogP contribution is 2.49. The van der Waals surface area contributed by atoms with Crippen LogP contribution in [0.3, 0.4) is 0 Å². The molecule has 6 nitrogen and oxygen atoms in total. The van der Waals surface area contributed by atoms with Crippen LogP contribution in [0, 0.1) is 0 Å². The topological polar surface area (TPSA) is 19.4 Å². The van der Waals surface area contributed by atoms with Crippen molar-refractivity contribution in [3.8, 4) is 0 Å². The van der Waals surface area contributed by atoms with E-state index in [4.69, 9.17) is 0 Å². The smallest absolute Gasteiger partial charge is 0.112 e. The first-order valence-corrected chi connectivity index (χ1v) is 18.4. The molecule has 0 amide bonds. The first kappa shape index (κ1) is 30.9. The van der Waals surface area contributed by atoms with E-state index in [1.807, 2.05) is 0 Å². The van der Waals surface area contributed by atoms with Crippen LogP contribution in [-0.4, -0.2) is 53.8 Å². The van der Waals surface area contributed by atoms with Gasteiger partial charge < -0.3 is 29.4 Å². The van der Waals surface area contributed by atoms with E-state index >= 15 is 0 Å². The van der Waals surface area contributed by atoms with Crippen LogP contribution in [0.1, 0.15) is 61.3 Å². The van der Waals surface area contributed by atoms with Crippen molar-refractivity contribution >= 4 is 17.1 Å². The summed E-state index contributed by atoms with van der Waals surface area (Å²) in [4.78, 5) is 15.2. The number of nitrogens with zero attached hydrogens (tertiary/aromatic N) is 6. The Kier molecular flexibility index (Phi) is 7.83. The van der Waals surface area contributed by atoms with Crippen molar-refractivity contribution in [1.82, 2.24) is 14.7 Å². The molecule has 50 heavy (non-hydrogen) atoms. The number of rotatable bonds is 7. The van der Waals surface area contributed by atoms with Gasteiger partial charge in [0.25, 0.3) is 0 Å². The highest BCUT2D eigenvalue weighted by atomic mass is 15.4. The number of para-hydroxylation sites is 3. The first-order chi connectivity index (χ1) is 24.5. The molecule has 0 spiro atoms. The van der Waals surface area contributed by atoms with Gasteiger partial charge in [0.15, 0.2) is 0 Å². The van der Waals surface area contributed by atoms with Gasteiger partial charge >= 0.3 is 0 Å². The van der Waals surface area contributed by atoms with Gasteiger partial charge in [-0.3, -0.25) is 0 Å². The molecule has 4 aromatic rings. The maximum Gasteiger partial charge on any atom is 0.112 e. The number of hydrogen-bond donors (Lipinski definition) is 0. The van der Waals surface area contributed by atoms with E-state index in [1.54, 1.807) is 0 Å². The Morgan fingerprint density at radius 3 is 2.06 bits per heavy atom. The highest BCUT2D eigenvalue weighted by molar-refractivity contribution is 5.62. The van der Waals surface area contributed by atoms with Crippen LogP contribution >= 0.6 is 0 Å². The summed E-state index contributed by atoms with van der Waals surface area (Å²) in [6, 6.07) is 38.4. The second-order valence-electron chi connectivity index (χ2n) is 14.9. The summed E-state index contributed by atoms with van der Waals surface area (Å²) in [5.74, 6) is 0.795. The van der Waals surface area contributed by atoms with Crippen LogP contribution in [0.2, 0.25) is 0 Å². The summed E-state index contributed by atoms with van der Waals surface area (Å²) in [5.41, 5.74) is 13.9. The van der Waals surface area contributed by atoms with Gasteiger partial charge in [0.05, 0.1) is 13.3 Å². The van der Waals surface area contributed by atoms with Crippen molar-refractivity contribution in [2.45, 2.75) is 58.0 Å². The Morgan fingerprint density at radius 1 is 0.660 bits per heavy atom. The van der Waals surface area contributed by atoms with Crippen molar-refractivity contribution in [3.63, 3.8) is 0 Å². The van der Waals surface area contributed by atoms with Gasteiger partial charge in [0.2, 0.25) is 0 Å². The van der Waals surface area contributed by atoms with Crippen molar-refractivity contribution in [2.75, 3.05) is 47.7 Å². The van der Waals surface area contributed by atoms with Crippen LogP contribution in [0.4, 0.5) is 17.1 Å². The fraction of sp³-hybridized carbons (Fsp3) is 0.318. The Hall–Kier alpha value is -5.10. The molecular weight excluding hydrogens is 613 g/mol. The largest absolute Gasteiger partial charge is 0.356 e. The van der Waals surface area contributed by atoms with Crippen LogP contribution in [0.15, 0.2) is 139 Å². The monoisotopic (exact) mass is 660 g/mol. The van der Waals surface area contributed by atoms with Crippen molar-refractivity contribution in [1.29, 1.82) is 0 Å². The van der Waals surface area contributed by atoms with Gasteiger partial charge in [-0.1, -0.05) is 72.8 Å². The molecule has 3 atom stereocenters. The lowest BCUT2D eigenvalue weighted by molar-refractivity contribution is 0.228. The molecule has 2 bridgehead atoms. The molecule has 5 aliphatic heterocycles. The maximum atomic E-state index is 2.71. The van der Waals surface area contributed by atoms with Crippen LogP contribution in [0.25, 0.3) is 0 Å². The fourth-order valence-corrected chi connectivity index (χ4v) is 9.11. The lowest BCUT2D eigenvalue weighted by Crippen LogP contribution is -2.45. The standard InChI is InChI=1S/C44H48N6/c1-32-26-47(39-12-6-4-7-13-39)30-45(32)20-18-35-22-36-19-21-49-34(3)28-50-43-17-11-10-16-41(43)38(25-42(44(49)50)37(23-35)24-36)29-46-31-48(27-33(46)2)40-14-8-5-9-15-40/h4-17,22-24,26-28,38,42,44H,18-21,25,29-31H2,1-3H3.